The third-order valence-electron chi connectivity index (χ3n) is 2.60. The van der Waals surface area contributed by atoms with Crippen molar-refractivity contribution in [2.75, 3.05) is 19.7 Å². The fourth-order valence-corrected chi connectivity index (χ4v) is 1.76. The Kier molecular flexibility index (Phi) is 3.16. The van der Waals surface area contributed by atoms with Crippen LogP contribution in [-0.4, -0.2) is 29.8 Å². The minimum Gasteiger partial charge on any atom is -0.449 e. The van der Waals surface area contributed by atoms with E-state index in [1.54, 1.807) is 6.26 Å². The number of oxazole rings is 1. The van der Waals surface area contributed by atoms with Gasteiger partial charge in [0.2, 0.25) is 0 Å². The van der Waals surface area contributed by atoms with Gasteiger partial charge >= 0.3 is 0 Å². The molecule has 1 aliphatic rings. The Hall–Kier alpha value is -0.870. The predicted octanol–water partition coefficient (Wildman–Crippen LogP) is 0.676. The van der Waals surface area contributed by atoms with Gasteiger partial charge in [0.25, 0.3) is 0 Å². The number of nitrogens with one attached hydrogen (secondary N) is 1. The van der Waals surface area contributed by atoms with Gasteiger partial charge in [-0.2, -0.15) is 0 Å². The Morgan fingerprint density at radius 3 is 3.29 bits per heavy atom. The summed E-state index contributed by atoms with van der Waals surface area (Å²) in [7, 11) is 0. The first kappa shape index (κ1) is 9.68. The van der Waals surface area contributed by atoms with Crippen LogP contribution in [0.3, 0.4) is 0 Å². The number of aromatic nitrogens is 1. The van der Waals surface area contributed by atoms with Crippen molar-refractivity contribution in [3.63, 3.8) is 0 Å². The highest BCUT2D eigenvalue weighted by atomic mass is 16.3. The maximum atomic E-state index is 8.67. The normalized spacial score (nSPS) is 21.6. The monoisotopic (exact) mass is 196 g/mol. The number of hydrogen-bond donors (Lipinski definition) is 2. The lowest BCUT2D eigenvalue weighted by atomic mass is 10.1. The second-order valence-corrected chi connectivity index (χ2v) is 3.68. The van der Waals surface area contributed by atoms with Gasteiger partial charge in [0.1, 0.15) is 6.26 Å². The van der Waals surface area contributed by atoms with Crippen LogP contribution < -0.4 is 5.32 Å². The van der Waals surface area contributed by atoms with Gasteiger partial charge in [-0.05, 0) is 19.4 Å². The molecule has 1 aromatic heterocycles. The molecule has 0 spiro atoms. The number of hydrogen-bond acceptors (Lipinski definition) is 4. The molecule has 1 fully saturated rings. The van der Waals surface area contributed by atoms with Crippen molar-refractivity contribution in [1.82, 2.24) is 10.3 Å². The van der Waals surface area contributed by atoms with Crippen LogP contribution in [0.4, 0.5) is 0 Å². The molecule has 0 aromatic carbocycles. The van der Waals surface area contributed by atoms with E-state index in [4.69, 9.17) is 9.52 Å². The third kappa shape index (κ3) is 2.13. The lowest BCUT2D eigenvalue weighted by Crippen LogP contribution is -2.08. The molecule has 4 nitrogen and oxygen atoms in total. The van der Waals surface area contributed by atoms with Crippen LogP contribution in [0.5, 0.6) is 0 Å². The first-order chi connectivity index (χ1) is 6.90. The molecule has 1 saturated heterocycles. The molecule has 14 heavy (non-hydrogen) atoms. The molecule has 0 aliphatic carbocycles. The van der Waals surface area contributed by atoms with E-state index in [-0.39, 0.29) is 6.61 Å². The molecule has 4 heteroatoms. The van der Waals surface area contributed by atoms with Crippen LogP contribution in [0.2, 0.25) is 0 Å². The number of aryl methyl sites for hydroxylation is 1. The lowest BCUT2D eigenvalue weighted by Gasteiger charge is -2.00. The van der Waals surface area contributed by atoms with Crippen molar-refractivity contribution >= 4 is 0 Å². The Bertz CT molecular complexity index is 279. The average Bonchev–Trinajstić information content (AvgIpc) is 2.85. The summed E-state index contributed by atoms with van der Waals surface area (Å²) in [5.74, 6) is 1.27. The first-order valence-electron chi connectivity index (χ1n) is 5.16. The average molecular weight is 196 g/mol. The number of nitrogens with zero attached hydrogens (tertiary/aromatic N) is 1. The zero-order valence-corrected chi connectivity index (χ0v) is 8.20. The Morgan fingerprint density at radius 2 is 2.57 bits per heavy atom. The van der Waals surface area contributed by atoms with Crippen LogP contribution in [0.1, 0.15) is 30.3 Å². The molecule has 2 heterocycles. The zero-order chi connectivity index (χ0) is 9.80. The van der Waals surface area contributed by atoms with Gasteiger partial charge in [-0.1, -0.05) is 0 Å². The molecule has 0 bridgehead atoms. The second kappa shape index (κ2) is 4.57. The predicted molar refractivity (Wildman–Crippen MR) is 52.1 cm³/mol. The molecule has 2 N–H and O–H groups in total. The molecular weight excluding hydrogens is 180 g/mol. The molecular formula is C10H16N2O2. The highest BCUT2D eigenvalue weighted by Gasteiger charge is 2.19. The SMILES string of the molecule is OCCCc1nc(C2CCNC2)co1. The molecule has 2 rings (SSSR count). The van der Waals surface area contributed by atoms with Gasteiger partial charge in [-0.3, -0.25) is 0 Å². The van der Waals surface area contributed by atoms with Crippen LogP contribution in [0.25, 0.3) is 0 Å². The second-order valence-electron chi connectivity index (χ2n) is 3.68. The van der Waals surface area contributed by atoms with Crippen molar-refractivity contribution < 1.29 is 9.52 Å². The Balaban J connectivity index is 1.94. The Morgan fingerprint density at radius 1 is 1.64 bits per heavy atom. The molecule has 1 aliphatic heterocycles. The minimum atomic E-state index is 0.197. The van der Waals surface area contributed by atoms with E-state index >= 15 is 0 Å². The number of aliphatic hydroxyl groups excluding tert-OH is 1. The van der Waals surface area contributed by atoms with E-state index < -0.39 is 0 Å². The summed E-state index contributed by atoms with van der Waals surface area (Å²) in [6.45, 7) is 2.28. The van der Waals surface area contributed by atoms with E-state index in [9.17, 15) is 0 Å². The molecule has 0 saturated carbocycles. The summed E-state index contributed by atoms with van der Waals surface area (Å²) >= 11 is 0. The lowest BCUT2D eigenvalue weighted by molar-refractivity contribution is 0.283. The summed E-state index contributed by atoms with van der Waals surface area (Å²) in [5.41, 5.74) is 1.06. The first-order valence-corrected chi connectivity index (χ1v) is 5.16. The molecule has 0 amide bonds. The van der Waals surface area contributed by atoms with Crippen molar-refractivity contribution in [2.24, 2.45) is 0 Å². The smallest absolute Gasteiger partial charge is 0.194 e. The quantitative estimate of drug-likeness (QED) is 0.743. The Labute approximate surface area is 83.3 Å². The summed E-state index contributed by atoms with van der Waals surface area (Å²) < 4.78 is 5.33. The molecule has 78 valence electrons. The van der Waals surface area contributed by atoms with E-state index in [0.717, 1.165) is 43.9 Å². The van der Waals surface area contributed by atoms with Crippen molar-refractivity contribution in [2.45, 2.75) is 25.2 Å². The van der Waals surface area contributed by atoms with Gasteiger partial charge in [-0.25, -0.2) is 4.98 Å². The highest BCUT2D eigenvalue weighted by molar-refractivity contribution is 5.07. The summed E-state index contributed by atoms with van der Waals surface area (Å²) in [5, 5.41) is 12.0. The topological polar surface area (TPSA) is 58.3 Å². The molecule has 1 aromatic rings. The number of rotatable bonds is 4. The van der Waals surface area contributed by atoms with Crippen LogP contribution in [0.15, 0.2) is 10.7 Å². The van der Waals surface area contributed by atoms with Gasteiger partial charge in [-0.15, -0.1) is 0 Å². The van der Waals surface area contributed by atoms with Crippen LogP contribution in [0, 0.1) is 0 Å². The number of aliphatic hydroxyl groups is 1. The largest absolute Gasteiger partial charge is 0.449 e. The van der Waals surface area contributed by atoms with E-state index in [2.05, 4.69) is 10.3 Å². The zero-order valence-electron chi connectivity index (χ0n) is 8.20. The molecule has 1 unspecified atom stereocenters. The van der Waals surface area contributed by atoms with Crippen LogP contribution in [-0.2, 0) is 6.42 Å². The van der Waals surface area contributed by atoms with Gasteiger partial charge in [0, 0.05) is 25.5 Å². The maximum Gasteiger partial charge on any atom is 0.194 e. The molecule has 1 atom stereocenters. The summed E-state index contributed by atoms with van der Waals surface area (Å²) in [6.07, 6.45) is 4.36. The van der Waals surface area contributed by atoms with E-state index in [0.29, 0.717) is 5.92 Å². The summed E-state index contributed by atoms with van der Waals surface area (Å²) in [6, 6.07) is 0. The van der Waals surface area contributed by atoms with Crippen molar-refractivity contribution in [3.05, 3.63) is 17.8 Å². The van der Waals surface area contributed by atoms with Gasteiger partial charge in [0.15, 0.2) is 5.89 Å². The minimum absolute atomic E-state index is 0.197. The van der Waals surface area contributed by atoms with E-state index in [1.165, 1.54) is 0 Å². The summed E-state index contributed by atoms with van der Waals surface area (Å²) in [4.78, 5) is 4.41. The fourth-order valence-electron chi connectivity index (χ4n) is 1.76. The van der Waals surface area contributed by atoms with Crippen molar-refractivity contribution in [1.29, 1.82) is 0 Å². The fraction of sp³-hybridized carbons (Fsp3) is 0.700. The third-order valence-corrected chi connectivity index (χ3v) is 2.60. The molecule has 0 radical (unpaired) electrons. The van der Waals surface area contributed by atoms with Gasteiger partial charge < -0.3 is 14.8 Å². The maximum absolute atomic E-state index is 8.67. The standard InChI is InChI=1S/C10H16N2O2/c13-5-1-2-10-12-9(7-14-10)8-3-4-11-6-8/h7-8,11,13H,1-6H2. The van der Waals surface area contributed by atoms with E-state index in [1.807, 2.05) is 0 Å². The van der Waals surface area contributed by atoms with Crippen LogP contribution >= 0.6 is 0 Å². The van der Waals surface area contributed by atoms with Crippen molar-refractivity contribution in [3.8, 4) is 0 Å². The van der Waals surface area contributed by atoms with Gasteiger partial charge in [0.05, 0.1) is 5.69 Å². The highest BCUT2D eigenvalue weighted by Crippen LogP contribution is 2.21.